The number of rotatable bonds is 2. The second kappa shape index (κ2) is 4.30. The van der Waals surface area contributed by atoms with Crippen LogP contribution in [0.15, 0.2) is 17.1 Å². The number of nitrogens with zero attached hydrogens (tertiary/aromatic N) is 1. The van der Waals surface area contributed by atoms with Crippen LogP contribution in [0.5, 0.6) is 11.5 Å². The molecule has 0 spiro atoms. The van der Waals surface area contributed by atoms with Gasteiger partial charge in [-0.3, -0.25) is 0 Å². The zero-order chi connectivity index (χ0) is 12.6. The third-order valence-electron chi connectivity index (χ3n) is 3.67. The summed E-state index contributed by atoms with van der Waals surface area (Å²) in [5, 5.41) is 0.505. The maximum atomic E-state index is 10.7. The highest BCUT2D eigenvalue weighted by Crippen LogP contribution is 2.50. The minimum Gasteiger partial charge on any atom is -0.454 e. The number of hydrogen-bond acceptors (Lipinski definition) is 4. The molecule has 0 unspecified atom stereocenters. The minimum atomic E-state index is -0.528. The van der Waals surface area contributed by atoms with Crippen molar-refractivity contribution >= 4 is 17.7 Å². The lowest BCUT2D eigenvalue weighted by Crippen LogP contribution is -2.19. The van der Waals surface area contributed by atoms with Crippen molar-refractivity contribution in [1.82, 2.24) is 0 Å². The number of halogens is 1. The van der Waals surface area contributed by atoms with Crippen LogP contribution in [0.2, 0.25) is 5.02 Å². The maximum Gasteiger partial charge on any atom is 0.235 e. The Balaban J connectivity index is 2.13. The van der Waals surface area contributed by atoms with Gasteiger partial charge in [-0.25, -0.2) is 4.79 Å². The molecule has 94 valence electrons. The third kappa shape index (κ3) is 1.61. The zero-order valence-corrected chi connectivity index (χ0v) is 10.5. The summed E-state index contributed by atoms with van der Waals surface area (Å²) >= 11 is 6.36. The highest BCUT2D eigenvalue weighted by atomic mass is 35.5. The minimum absolute atomic E-state index is 0.183. The molecule has 0 aromatic heterocycles. The number of ether oxygens (including phenoxy) is 2. The molecule has 1 aliphatic carbocycles. The summed E-state index contributed by atoms with van der Waals surface area (Å²) in [6, 6.07) is 3.70. The average molecular weight is 266 g/mol. The average Bonchev–Trinajstić information content (AvgIpc) is 2.99. The summed E-state index contributed by atoms with van der Waals surface area (Å²) in [5.74, 6) is 1.20. The van der Waals surface area contributed by atoms with Gasteiger partial charge in [-0.1, -0.05) is 30.5 Å². The highest BCUT2D eigenvalue weighted by molar-refractivity contribution is 6.33. The maximum absolute atomic E-state index is 10.7. The van der Waals surface area contributed by atoms with Crippen LogP contribution in [0, 0.1) is 0 Å². The SMILES string of the molecule is O=C=NC1(c2ccc3c(c2Cl)OCO3)CCCC1. The summed E-state index contributed by atoms with van der Waals surface area (Å²) in [4.78, 5) is 14.7. The molecule has 1 aliphatic heterocycles. The molecule has 0 radical (unpaired) electrons. The van der Waals surface area contributed by atoms with Crippen molar-refractivity contribution in [3.05, 3.63) is 22.7 Å². The Hall–Kier alpha value is -1.51. The smallest absolute Gasteiger partial charge is 0.235 e. The molecule has 1 fully saturated rings. The van der Waals surface area contributed by atoms with Gasteiger partial charge in [0.2, 0.25) is 12.9 Å². The standard InChI is InChI=1S/C13H12ClNO3/c14-11-9(3-4-10-12(11)18-8-17-10)13(15-7-16)5-1-2-6-13/h3-4H,1-2,5-6,8H2. The van der Waals surface area contributed by atoms with E-state index >= 15 is 0 Å². The quantitative estimate of drug-likeness (QED) is 0.609. The van der Waals surface area contributed by atoms with E-state index in [2.05, 4.69) is 4.99 Å². The van der Waals surface area contributed by atoms with Crippen molar-refractivity contribution in [3.8, 4) is 11.5 Å². The highest BCUT2D eigenvalue weighted by Gasteiger charge is 2.39. The first-order valence-electron chi connectivity index (χ1n) is 5.94. The second-order valence-electron chi connectivity index (χ2n) is 4.60. The number of fused-ring (bicyclic) bond motifs is 1. The van der Waals surface area contributed by atoms with Gasteiger partial charge in [0, 0.05) is 5.56 Å². The molecule has 0 saturated heterocycles. The lowest BCUT2D eigenvalue weighted by molar-refractivity contribution is 0.174. The van der Waals surface area contributed by atoms with Crippen molar-refractivity contribution in [2.45, 2.75) is 31.2 Å². The molecule has 18 heavy (non-hydrogen) atoms. The first kappa shape index (κ1) is 11.6. The van der Waals surface area contributed by atoms with Crippen LogP contribution in [0.3, 0.4) is 0 Å². The molecule has 2 aliphatic rings. The fraction of sp³-hybridized carbons (Fsp3) is 0.462. The predicted octanol–water partition coefficient (Wildman–Crippen LogP) is 3.17. The summed E-state index contributed by atoms with van der Waals surface area (Å²) in [6.45, 7) is 0.183. The molecule has 3 rings (SSSR count). The van der Waals surface area contributed by atoms with E-state index in [-0.39, 0.29) is 6.79 Å². The molecule has 0 N–H and O–H groups in total. The number of carbonyl (C=O) groups excluding carboxylic acids is 1. The third-order valence-corrected chi connectivity index (χ3v) is 4.05. The Bertz CT molecular complexity index is 531. The van der Waals surface area contributed by atoms with Crippen LogP contribution in [0.4, 0.5) is 0 Å². The molecular formula is C13H12ClNO3. The van der Waals surface area contributed by atoms with Crippen molar-refractivity contribution < 1.29 is 14.3 Å². The van der Waals surface area contributed by atoms with E-state index in [9.17, 15) is 4.79 Å². The van der Waals surface area contributed by atoms with Gasteiger partial charge in [-0.05, 0) is 18.9 Å². The normalized spacial score (nSPS) is 19.6. The number of aliphatic imine (C=N–C) groups is 1. The summed E-state index contributed by atoms with van der Waals surface area (Å²) < 4.78 is 10.6. The van der Waals surface area contributed by atoms with Crippen LogP contribution < -0.4 is 9.47 Å². The van der Waals surface area contributed by atoms with Crippen molar-refractivity contribution in [2.75, 3.05) is 6.79 Å². The van der Waals surface area contributed by atoms with Crippen LogP contribution in [0.25, 0.3) is 0 Å². The molecule has 1 aromatic rings. The van der Waals surface area contributed by atoms with E-state index < -0.39 is 5.54 Å². The van der Waals surface area contributed by atoms with Gasteiger partial charge in [-0.2, -0.15) is 4.99 Å². The molecule has 5 heteroatoms. The van der Waals surface area contributed by atoms with Gasteiger partial charge in [-0.15, -0.1) is 0 Å². The Kier molecular flexibility index (Phi) is 2.77. The molecule has 1 aromatic carbocycles. The van der Waals surface area contributed by atoms with Gasteiger partial charge in [0.25, 0.3) is 0 Å². The van der Waals surface area contributed by atoms with Crippen LogP contribution in [-0.2, 0) is 10.3 Å². The molecule has 0 amide bonds. The number of isocyanates is 1. The number of hydrogen-bond donors (Lipinski definition) is 0. The number of benzene rings is 1. The molecule has 0 bridgehead atoms. The van der Waals surface area contributed by atoms with Crippen molar-refractivity contribution in [1.29, 1.82) is 0 Å². The summed E-state index contributed by atoms with van der Waals surface area (Å²) in [5.41, 5.74) is 0.314. The van der Waals surface area contributed by atoms with Gasteiger partial charge >= 0.3 is 0 Å². The lowest BCUT2D eigenvalue weighted by atomic mass is 9.88. The van der Waals surface area contributed by atoms with E-state index in [0.29, 0.717) is 16.5 Å². The molecular weight excluding hydrogens is 254 g/mol. The topological polar surface area (TPSA) is 47.9 Å². The van der Waals surface area contributed by atoms with Gasteiger partial charge in [0.15, 0.2) is 11.5 Å². The second-order valence-corrected chi connectivity index (χ2v) is 4.98. The molecule has 4 nitrogen and oxygen atoms in total. The van der Waals surface area contributed by atoms with Crippen LogP contribution in [-0.4, -0.2) is 12.9 Å². The van der Waals surface area contributed by atoms with E-state index in [1.807, 2.05) is 12.1 Å². The first-order valence-corrected chi connectivity index (χ1v) is 6.32. The van der Waals surface area contributed by atoms with Gasteiger partial charge < -0.3 is 9.47 Å². The largest absolute Gasteiger partial charge is 0.454 e. The Morgan fingerprint density at radius 1 is 1.28 bits per heavy atom. The van der Waals surface area contributed by atoms with Crippen molar-refractivity contribution in [3.63, 3.8) is 0 Å². The fourth-order valence-electron chi connectivity index (χ4n) is 2.79. The Labute approximate surface area is 110 Å². The lowest BCUT2D eigenvalue weighted by Gasteiger charge is -2.24. The molecule has 0 atom stereocenters. The first-order chi connectivity index (χ1) is 8.77. The van der Waals surface area contributed by atoms with Crippen LogP contribution in [0.1, 0.15) is 31.2 Å². The summed E-state index contributed by atoms with van der Waals surface area (Å²) in [6.07, 6.45) is 5.41. The zero-order valence-electron chi connectivity index (χ0n) is 9.74. The fourth-order valence-corrected chi connectivity index (χ4v) is 3.17. The van der Waals surface area contributed by atoms with Crippen molar-refractivity contribution in [2.24, 2.45) is 4.99 Å². The van der Waals surface area contributed by atoms with Crippen LogP contribution >= 0.6 is 11.6 Å². The Morgan fingerprint density at radius 3 is 2.78 bits per heavy atom. The summed E-state index contributed by atoms with van der Waals surface area (Å²) in [7, 11) is 0. The van der Waals surface area contributed by atoms with E-state index in [4.69, 9.17) is 21.1 Å². The van der Waals surface area contributed by atoms with E-state index in [1.54, 1.807) is 6.08 Å². The monoisotopic (exact) mass is 265 g/mol. The molecule has 1 heterocycles. The predicted molar refractivity (Wildman–Crippen MR) is 65.8 cm³/mol. The molecule has 1 saturated carbocycles. The van der Waals surface area contributed by atoms with Gasteiger partial charge in [0.05, 0.1) is 10.6 Å². The Morgan fingerprint density at radius 2 is 2.06 bits per heavy atom. The van der Waals surface area contributed by atoms with E-state index in [1.165, 1.54) is 0 Å². The van der Waals surface area contributed by atoms with Gasteiger partial charge in [0.1, 0.15) is 0 Å². The van der Waals surface area contributed by atoms with E-state index in [0.717, 1.165) is 31.2 Å².